The van der Waals surface area contributed by atoms with E-state index in [0.717, 1.165) is 38.6 Å². The highest BCUT2D eigenvalue weighted by atomic mass is 16.5. The Kier molecular flexibility index (Phi) is 4.24. The minimum absolute atomic E-state index is 0.256. The minimum atomic E-state index is -0.324. The molecule has 1 fully saturated rings. The fourth-order valence-electron chi connectivity index (χ4n) is 4.34. The third-order valence-corrected chi connectivity index (χ3v) is 5.62. The standard InChI is InChI=1S/C25H20O5/c1-27-19-11-16(12-20(28-2)24(19)29-3)22-18-9-5-7-14-6-4-8-15(21(14)18)10-17-13-30-25(26)23(17)22/h4-12H,13H2,1-3H3. The first-order valence-corrected chi connectivity index (χ1v) is 9.61. The quantitative estimate of drug-likeness (QED) is 0.598. The van der Waals surface area contributed by atoms with Gasteiger partial charge in [-0.15, -0.1) is 0 Å². The Morgan fingerprint density at radius 3 is 2.23 bits per heavy atom. The number of cyclic esters (lactones) is 1. The summed E-state index contributed by atoms with van der Waals surface area (Å²) < 4.78 is 22.0. The molecule has 150 valence electrons. The zero-order valence-corrected chi connectivity index (χ0v) is 16.9. The van der Waals surface area contributed by atoms with Gasteiger partial charge in [0.15, 0.2) is 11.5 Å². The smallest absolute Gasteiger partial charge is 0.339 e. The van der Waals surface area contributed by atoms with Crippen molar-refractivity contribution in [3.8, 4) is 17.2 Å². The number of hydrogen-bond acceptors (Lipinski definition) is 5. The summed E-state index contributed by atoms with van der Waals surface area (Å²) in [6.45, 7) is 0.256. The minimum Gasteiger partial charge on any atom is -0.493 e. The molecule has 0 unspecified atom stereocenters. The van der Waals surface area contributed by atoms with E-state index in [1.807, 2.05) is 30.3 Å². The van der Waals surface area contributed by atoms with Crippen LogP contribution in [0.3, 0.4) is 0 Å². The van der Waals surface area contributed by atoms with Crippen LogP contribution in [0.25, 0.3) is 22.4 Å². The Bertz CT molecular complexity index is 1240. The molecule has 0 aromatic heterocycles. The van der Waals surface area contributed by atoms with Gasteiger partial charge in [-0.05, 0) is 45.7 Å². The molecule has 2 aliphatic rings. The Morgan fingerprint density at radius 1 is 0.867 bits per heavy atom. The van der Waals surface area contributed by atoms with Crippen molar-refractivity contribution in [1.29, 1.82) is 0 Å². The maximum absolute atomic E-state index is 12.8. The third kappa shape index (κ3) is 2.59. The lowest BCUT2D eigenvalue weighted by atomic mass is 9.88. The topological polar surface area (TPSA) is 54.0 Å². The first-order valence-electron chi connectivity index (χ1n) is 9.61. The van der Waals surface area contributed by atoms with Gasteiger partial charge in [-0.2, -0.15) is 0 Å². The van der Waals surface area contributed by atoms with Gasteiger partial charge >= 0.3 is 5.97 Å². The molecule has 0 spiro atoms. The predicted octanol–water partition coefficient (Wildman–Crippen LogP) is 4.62. The van der Waals surface area contributed by atoms with E-state index in [1.165, 1.54) is 0 Å². The van der Waals surface area contributed by atoms with E-state index >= 15 is 0 Å². The van der Waals surface area contributed by atoms with Gasteiger partial charge in [0.2, 0.25) is 5.75 Å². The zero-order chi connectivity index (χ0) is 20.8. The van der Waals surface area contributed by atoms with E-state index < -0.39 is 0 Å². The Balaban J connectivity index is 1.91. The second-order valence-corrected chi connectivity index (χ2v) is 7.16. The molecule has 0 radical (unpaired) electrons. The fourth-order valence-corrected chi connectivity index (χ4v) is 4.34. The van der Waals surface area contributed by atoms with Gasteiger partial charge in [0.05, 0.1) is 26.9 Å². The summed E-state index contributed by atoms with van der Waals surface area (Å²) in [4.78, 5) is 12.8. The molecule has 3 aromatic carbocycles. The van der Waals surface area contributed by atoms with Gasteiger partial charge < -0.3 is 18.9 Å². The second-order valence-electron chi connectivity index (χ2n) is 7.16. The van der Waals surface area contributed by atoms with Crippen LogP contribution in [0.1, 0.15) is 16.7 Å². The summed E-state index contributed by atoms with van der Waals surface area (Å²) in [5.41, 5.74) is 5.08. The highest BCUT2D eigenvalue weighted by Crippen LogP contribution is 2.46. The SMILES string of the molecule is COc1cc(C2=C3C(=O)OCC3=Cc3cccc4cccc2c34)cc(OC)c1OC. The number of carbonyl (C=O) groups is 1. The summed E-state index contributed by atoms with van der Waals surface area (Å²) in [5.74, 6) is 1.24. The fraction of sp³-hybridized carbons (Fsp3) is 0.160. The number of rotatable bonds is 4. The van der Waals surface area contributed by atoms with Crippen molar-refractivity contribution in [3.63, 3.8) is 0 Å². The summed E-state index contributed by atoms with van der Waals surface area (Å²) >= 11 is 0. The van der Waals surface area contributed by atoms with Gasteiger partial charge in [-0.3, -0.25) is 0 Å². The molecule has 1 saturated heterocycles. The first-order chi connectivity index (χ1) is 14.7. The molecule has 0 N–H and O–H groups in total. The molecule has 0 saturated carbocycles. The summed E-state index contributed by atoms with van der Waals surface area (Å²) in [6, 6.07) is 16.1. The van der Waals surface area contributed by atoms with Crippen molar-refractivity contribution in [3.05, 3.63) is 76.4 Å². The number of esters is 1. The second kappa shape index (κ2) is 6.95. The molecule has 0 bridgehead atoms. The van der Waals surface area contributed by atoms with E-state index in [9.17, 15) is 4.79 Å². The molecule has 30 heavy (non-hydrogen) atoms. The Labute approximate surface area is 174 Å². The van der Waals surface area contributed by atoms with Crippen LogP contribution in [-0.2, 0) is 9.53 Å². The Hall–Kier alpha value is -3.73. The average Bonchev–Trinajstić information content (AvgIpc) is 3.05. The average molecular weight is 400 g/mol. The molecule has 1 heterocycles. The largest absolute Gasteiger partial charge is 0.493 e. The van der Waals surface area contributed by atoms with E-state index in [-0.39, 0.29) is 12.6 Å². The molecule has 0 amide bonds. The van der Waals surface area contributed by atoms with Gasteiger partial charge in [0, 0.05) is 11.1 Å². The molecule has 1 aliphatic carbocycles. The van der Waals surface area contributed by atoms with E-state index in [2.05, 4.69) is 24.3 Å². The van der Waals surface area contributed by atoms with Crippen LogP contribution in [0.15, 0.2) is 59.7 Å². The molecular formula is C25H20O5. The first kappa shape index (κ1) is 18.3. The van der Waals surface area contributed by atoms with Crippen molar-refractivity contribution < 1.29 is 23.7 Å². The van der Waals surface area contributed by atoms with Crippen molar-refractivity contribution >= 4 is 28.4 Å². The van der Waals surface area contributed by atoms with Crippen LogP contribution < -0.4 is 14.2 Å². The normalized spacial score (nSPS) is 14.8. The van der Waals surface area contributed by atoms with Crippen LogP contribution in [0.5, 0.6) is 17.2 Å². The Morgan fingerprint density at radius 2 is 1.57 bits per heavy atom. The van der Waals surface area contributed by atoms with Crippen LogP contribution in [0.4, 0.5) is 0 Å². The van der Waals surface area contributed by atoms with Crippen molar-refractivity contribution in [2.45, 2.75) is 0 Å². The highest BCUT2D eigenvalue weighted by molar-refractivity contribution is 6.15. The molecule has 3 aromatic rings. The number of methoxy groups -OCH3 is 3. The van der Waals surface area contributed by atoms with Crippen molar-refractivity contribution in [2.75, 3.05) is 27.9 Å². The van der Waals surface area contributed by atoms with Gasteiger partial charge in [-0.25, -0.2) is 4.79 Å². The number of carbonyl (C=O) groups excluding carboxylic acids is 1. The van der Waals surface area contributed by atoms with Gasteiger partial charge in [0.1, 0.15) is 6.61 Å². The van der Waals surface area contributed by atoms with Crippen LogP contribution >= 0.6 is 0 Å². The van der Waals surface area contributed by atoms with Crippen molar-refractivity contribution in [1.82, 2.24) is 0 Å². The molecule has 1 aliphatic heterocycles. The van der Waals surface area contributed by atoms with Crippen molar-refractivity contribution in [2.24, 2.45) is 0 Å². The van der Waals surface area contributed by atoms with Gasteiger partial charge in [-0.1, -0.05) is 36.4 Å². The van der Waals surface area contributed by atoms with Crippen LogP contribution in [0, 0.1) is 0 Å². The third-order valence-electron chi connectivity index (χ3n) is 5.62. The monoisotopic (exact) mass is 400 g/mol. The van der Waals surface area contributed by atoms with Crippen LogP contribution in [0.2, 0.25) is 0 Å². The lowest BCUT2D eigenvalue weighted by Crippen LogP contribution is -2.03. The lowest BCUT2D eigenvalue weighted by molar-refractivity contribution is -0.134. The molecular weight excluding hydrogens is 380 g/mol. The maximum atomic E-state index is 12.8. The summed E-state index contributed by atoms with van der Waals surface area (Å²) in [7, 11) is 4.73. The molecule has 5 heteroatoms. The van der Waals surface area contributed by atoms with E-state index in [0.29, 0.717) is 22.8 Å². The van der Waals surface area contributed by atoms with Crippen LogP contribution in [-0.4, -0.2) is 33.9 Å². The lowest BCUT2D eigenvalue weighted by Gasteiger charge is -2.18. The van der Waals surface area contributed by atoms with E-state index in [4.69, 9.17) is 18.9 Å². The van der Waals surface area contributed by atoms with Gasteiger partial charge in [0.25, 0.3) is 0 Å². The maximum Gasteiger partial charge on any atom is 0.339 e. The number of hydrogen-bond donors (Lipinski definition) is 0. The number of ether oxygens (including phenoxy) is 4. The highest BCUT2D eigenvalue weighted by Gasteiger charge is 2.33. The molecule has 5 nitrogen and oxygen atoms in total. The number of fused-ring (bicyclic) bond motifs is 1. The zero-order valence-electron chi connectivity index (χ0n) is 16.9. The molecule has 5 rings (SSSR count). The van der Waals surface area contributed by atoms with E-state index in [1.54, 1.807) is 21.3 Å². The summed E-state index contributed by atoms with van der Waals surface area (Å²) in [6.07, 6.45) is 2.05. The summed E-state index contributed by atoms with van der Waals surface area (Å²) in [5, 5.41) is 2.21. The molecule has 0 atom stereocenters. The number of benzene rings is 3. The predicted molar refractivity (Wildman–Crippen MR) is 115 cm³/mol.